The van der Waals surface area contributed by atoms with Gasteiger partial charge in [-0.3, -0.25) is 4.79 Å². The molecule has 0 radical (unpaired) electrons. The van der Waals surface area contributed by atoms with Gasteiger partial charge < -0.3 is 10.6 Å². The van der Waals surface area contributed by atoms with E-state index in [9.17, 15) is 4.79 Å². The third kappa shape index (κ3) is 3.48. The van der Waals surface area contributed by atoms with E-state index in [4.69, 9.17) is 5.73 Å². The molecule has 2 unspecified atom stereocenters. The van der Waals surface area contributed by atoms with Gasteiger partial charge in [0.2, 0.25) is 5.91 Å². The van der Waals surface area contributed by atoms with Crippen LogP contribution in [0.15, 0.2) is 0 Å². The Hall–Kier alpha value is -0.570. The van der Waals surface area contributed by atoms with E-state index in [2.05, 4.69) is 13.8 Å². The molecule has 2 atom stereocenters. The molecular weight excluding hydrogens is 200 g/mol. The van der Waals surface area contributed by atoms with E-state index in [-0.39, 0.29) is 5.92 Å². The van der Waals surface area contributed by atoms with Crippen molar-refractivity contribution in [3.05, 3.63) is 0 Å². The van der Waals surface area contributed by atoms with E-state index in [1.165, 1.54) is 12.8 Å². The lowest BCUT2D eigenvalue weighted by Crippen LogP contribution is -2.40. The maximum Gasteiger partial charge on any atom is 0.225 e. The summed E-state index contributed by atoms with van der Waals surface area (Å²) in [4.78, 5) is 14.3. The highest BCUT2D eigenvalue weighted by atomic mass is 16.2. The number of nitrogens with zero attached hydrogens (tertiary/aromatic N) is 1. The summed E-state index contributed by atoms with van der Waals surface area (Å²) in [5.74, 6) is 1.38. The van der Waals surface area contributed by atoms with Gasteiger partial charge in [0.25, 0.3) is 0 Å². The second-order valence-electron chi connectivity index (χ2n) is 5.41. The number of carbonyl (C=O) groups excluding carboxylic acids is 1. The smallest absolute Gasteiger partial charge is 0.225 e. The van der Waals surface area contributed by atoms with Crippen molar-refractivity contribution < 1.29 is 4.79 Å². The van der Waals surface area contributed by atoms with Crippen LogP contribution < -0.4 is 5.73 Å². The first-order chi connectivity index (χ1) is 7.56. The first kappa shape index (κ1) is 13.5. The predicted octanol–water partition coefficient (Wildman–Crippen LogP) is 1.87. The van der Waals surface area contributed by atoms with Crippen LogP contribution in [0.25, 0.3) is 0 Å². The highest BCUT2D eigenvalue weighted by molar-refractivity contribution is 5.78. The number of hydrogen-bond acceptors (Lipinski definition) is 2. The second kappa shape index (κ2) is 6.24. The molecular formula is C13H26N2O. The van der Waals surface area contributed by atoms with Crippen LogP contribution in [-0.4, -0.2) is 30.4 Å². The molecule has 16 heavy (non-hydrogen) atoms. The Labute approximate surface area is 99.4 Å². The summed E-state index contributed by atoms with van der Waals surface area (Å²) in [5, 5.41) is 0. The summed E-state index contributed by atoms with van der Waals surface area (Å²) < 4.78 is 0. The quantitative estimate of drug-likeness (QED) is 0.798. The molecule has 1 heterocycles. The number of likely N-dealkylation sites (tertiary alicyclic amines) is 1. The third-order valence-electron chi connectivity index (χ3n) is 3.80. The Balaban J connectivity index is 2.59. The predicted molar refractivity (Wildman–Crippen MR) is 67.0 cm³/mol. The van der Waals surface area contributed by atoms with Crippen molar-refractivity contribution in [1.82, 2.24) is 4.90 Å². The van der Waals surface area contributed by atoms with Crippen molar-refractivity contribution in [2.45, 2.75) is 40.0 Å². The zero-order valence-electron chi connectivity index (χ0n) is 10.9. The van der Waals surface area contributed by atoms with Gasteiger partial charge in [0, 0.05) is 19.0 Å². The van der Waals surface area contributed by atoms with E-state index >= 15 is 0 Å². The van der Waals surface area contributed by atoms with Gasteiger partial charge in [0.1, 0.15) is 0 Å². The van der Waals surface area contributed by atoms with Crippen LogP contribution in [0.4, 0.5) is 0 Å². The fourth-order valence-electron chi connectivity index (χ4n) is 2.20. The SMILES string of the molecule is CC(C)C(C)C(=O)N1CCCCC(CN)C1. The van der Waals surface area contributed by atoms with E-state index in [1.807, 2.05) is 11.8 Å². The van der Waals surface area contributed by atoms with Crippen LogP contribution in [0, 0.1) is 17.8 Å². The minimum absolute atomic E-state index is 0.136. The van der Waals surface area contributed by atoms with Crippen LogP contribution in [0.3, 0.4) is 0 Å². The molecule has 1 aliphatic rings. The van der Waals surface area contributed by atoms with Gasteiger partial charge in [-0.05, 0) is 31.2 Å². The van der Waals surface area contributed by atoms with Crippen LogP contribution >= 0.6 is 0 Å². The average Bonchev–Trinajstić information content (AvgIpc) is 2.51. The molecule has 3 heteroatoms. The lowest BCUT2D eigenvalue weighted by molar-refractivity contribution is -0.136. The highest BCUT2D eigenvalue weighted by Gasteiger charge is 2.26. The lowest BCUT2D eigenvalue weighted by atomic mass is 9.96. The van der Waals surface area contributed by atoms with Crippen LogP contribution in [-0.2, 0) is 4.79 Å². The average molecular weight is 226 g/mol. The monoisotopic (exact) mass is 226 g/mol. The molecule has 1 amide bonds. The zero-order chi connectivity index (χ0) is 12.1. The molecule has 0 bridgehead atoms. The summed E-state index contributed by atoms with van der Waals surface area (Å²) >= 11 is 0. The summed E-state index contributed by atoms with van der Waals surface area (Å²) in [7, 11) is 0. The van der Waals surface area contributed by atoms with Crippen LogP contribution in [0.1, 0.15) is 40.0 Å². The van der Waals surface area contributed by atoms with E-state index in [0.29, 0.717) is 24.3 Å². The van der Waals surface area contributed by atoms with Crippen molar-refractivity contribution in [1.29, 1.82) is 0 Å². The molecule has 0 spiro atoms. The minimum Gasteiger partial charge on any atom is -0.342 e. The van der Waals surface area contributed by atoms with Crippen molar-refractivity contribution in [3.63, 3.8) is 0 Å². The second-order valence-corrected chi connectivity index (χ2v) is 5.41. The molecule has 3 nitrogen and oxygen atoms in total. The van der Waals surface area contributed by atoms with Gasteiger partial charge in [-0.2, -0.15) is 0 Å². The Bertz CT molecular complexity index is 228. The Morgan fingerprint density at radius 2 is 2.06 bits per heavy atom. The van der Waals surface area contributed by atoms with Crippen molar-refractivity contribution >= 4 is 5.91 Å². The van der Waals surface area contributed by atoms with E-state index < -0.39 is 0 Å². The minimum atomic E-state index is 0.136. The Kier molecular flexibility index (Phi) is 5.26. The van der Waals surface area contributed by atoms with Crippen molar-refractivity contribution in [2.24, 2.45) is 23.5 Å². The number of rotatable bonds is 3. The molecule has 2 N–H and O–H groups in total. The number of nitrogens with two attached hydrogens (primary N) is 1. The van der Waals surface area contributed by atoms with Gasteiger partial charge in [0.05, 0.1) is 0 Å². The van der Waals surface area contributed by atoms with Crippen LogP contribution in [0.5, 0.6) is 0 Å². The first-order valence-electron chi connectivity index (χ1n) is 6.55. The summed E-state index contributed by atoms with van der Waals surface area (Å²) in [6, 6.07) is 0. The molecule has 0 saturated carbocycles. The van der Waals surface area contributed by atoms with Gasteiger partial charge in [-0.1, -0.05) is 27.2 Å². The third-order valence-corrected chi connectivity index (χ3v) is 3.80. The largest absolute Gasteiger partial charge is 0.342 e. The Morgan fingerprint density at radius 3 is 2.62 bits per heavy atom. The van der Waals surface area contributed by atoms with Gasteiger partial charge in [-0.25, -0.2) is 0 Å². The summed E-state index contributed by atoms with van der Waals surface area (Å²) in [5.41, 5.74) is 5.73. The fourth-order valence-corrected chi connectivity index (χ4v) is 2.20. The van der Waals surface area contributed by atoms with E-state index in [0.717, 1.165) is 19.5 Å². The number of hydrogen-bond donors (Lipinski definition) is 1. The maximum atomic E-state index is 12.2. The normalized spacial score (nSPS) is 24.3. The lowest BCUT2D eigenvalue weighted by Gasteiger charge is -2.28. The molecule has 0 aromatic rings. The topological polar surface area (TPSA) is 46.3 Å². The summed E-state index contributed by atoms with van der Waals surface area (Å²) in [6.07, 6.45) is 3.52. The van der Waals surface area contributed by atoms with Gasteiger partial charge in [-0.15, -0.1) is 0 Å². The summed E-state index contributed by atoms with van der Waals surface area (Å²) in [6.45, 7) is 8.76. The molecule has 1 saturated heterocycles. The molecule has 1 rings (SSSR count). The van der Waals surface area contributed by atoms with Gasteiger partial charge >= 0.3 is 0 Å². The van der Waals surface area contributed by atoms with Gasteiger partial charge in [0.15, 0.2) is 0 Å². The Morgan fingerprint density at radius 1 is 1.38 bits per heavy atom. The van der Waals surface area contributed by atoms with Crippen molar-refractivity contribution in [3.8, 4) is 0 Å². The molecule has 94 valence electrons. The zero-order valence-corrected chi connectivity index (χ0v) is 10.9. The first-order valence-corrected chi connectivity index (χ1v) is 6.55. The number of amides is 1. The van der Waals surface area contributed by atoms with Crippen LogP contribution in [0.2, 0.25) is 0 Å². The maximum absolute atomic E-state index is 12.2. The van der Waals surface area contributed by atoms with E-state index in [1.54, 1.807) is 0 Å². The van der Waals surface area contributed by atoms with Crippen molar-refractivity contribution in [2.75, 3.05) is 19.6 Å². The number of carbonyl (C=O) groups is 1. The molecule has 0 aromatic carbocycles. The molecule has 1 aliphatic heterocycles. The highest BCUT2D eigenvalue weighted by Crippen LogP contribution is 2.20. The fraction of sp³-hybridized carbons (Fsp3) is 0.923. The molecule has 1 fully saturated rings. The molecule has 0 aromatic heterocycles. The standard InChI is InChI=1S/C13H26N2O/c1-10(2)11(3)13(16)15-7-5-4-6-12(8-14)9-15/h10-12H,4-9,14H2,1-3H3. The molecule has 0 aliphatic carbocycles.